The number of Topliss-reactive ketones (excluding diaryl/α,β-unsaturated/α-hetero) is 1. The number of hydrogen-bond donors (Lipinski definition) is 1. The van der Waals surface area contributed by atoms with E-state index in [1.807, 2.05) is 0 Å². The van der Waals surface area contributed by atoms with Gasteiger partial charge in [-0.2, -0.15) is 13.2 Å². The maximum absolute atomic E-state index is 12.6. The Hall–Kier alpha value is -2.00. The number of ketones is 1. The lowest BCUT2D eigenvalue weighted by molar-refractivity contribution is -0.0882. The zero-order chi connectivity index (χ0) is 18.5. The smallest absolute Gasteiger partial charge is 0.347 e. The summed E-state index contributed by atoms with van der Waals surface area (Å²) in [6.45, 7) is 2.96. The van der Waals surface area contributed by atoms with Crippen molar-refractivity contribution in [3.05, 3.63) is 28.9 Å². The number of aromatic nitrogens is 1. The van der Waals surface area contributed by atoms with Crippen molar-refractivity contribution in [2.24, 2.45) is 5.92 Å². The molecule has 1 amide bonds. The van der Waals surface area contributed by atoms with Crippen LogP contribution in [0.25, 0.3) is 10.1 Å². The molecule has 0 radical (unpaired) electrons. The van der Waals surface area contributed by atoms with Gasteiger partial charge in [0.15, 0.2) is 0 Å². The number of thiophene rings is 1. The fourth-order valence-corrected chi connectivity index (χ4v) is 4.76. The van der Waals surface area contributed by atoms with E-state index in [0.717, 1.165) is 49.9 Å². The van der Waals surface area contributed by atoms with Gasteiger partial charge in [-0.25, -0.2) is 0 Å². The summed E-state index contributed by atoms with van der Waals surface area (Å²) in [5.74, 6) is -1.61. The van der Waals surface area contributed by atoms with Crippen LogP contribution in [0.1, 0.15) is 33.0 Å². The quantitative estimate of drug-likeness (QED) is 0.828. The van der Waals surface area contributed by atoms with Crippen molar-refractivity contribution in [2.45, 2.75) is 25.1 Å². The van der Waals surface area contributed by atoms with E-state index >= 15 is 0 Å². The second-order valence-electron chi connectivity index (χ2n) is 6.87. The Morgan fingerprint density at radius 3 is 2.81 bits per heavy atom. The largest absolute Gasteiger partial charge is 0.455 e. The van der Waals surface area contributed by atoms with Crippen molar-refractivity contribution in [2.75, 3.05) is 19.6 Å². The molecule has 0 saturated carbocycles. The van der Waals surface area contributed by atoms with E-state index < -0.39 is 16.8 Å². The third-order valence-electron chi connectivity index (χ3n) is 4.92. The van der Waals surface area contributed by atoms with Gasteiger partial charge in [0.25, 0.3) is 11.7 Å². The predicted molar refractivity (Wildman–Crippen MR) is 90.4 cm³/mol. The van der Waals surface area contributed by atoms with Gasteiger partial charge in [0.05, 0.1) is 4.88 Å². The number of nitrogens with one attached hydrogen (secondary N) is 1. The van der Waals surface area contributed by atoms with Crippen molar-refractivity contribution in [3.63, 3.8) is 0 Å². The summed E-state index contributed by atoms with van der Waals surface area (Å²) in [5, 5.41) is 3.39. The van der Waals surface area contributed by atoms with Crippen LogP contribution >= 0.6 is 11.3 Å². The van der Waals surface area contributed by atoms with E-state index in [2.05, 4.69) is 15.2 Å². The number of halogens is 3. The molecule has 2 bridgehead atoms. The summed E-state index contributed by atoms with van der Waals surface area (Å²) in [6.07, 6.45) is -1.48. The van der Waals surface area contributed by atoms with E-state index in [1.54, 1.807) is 0 Å². The summed E-state index contributed by atoms with van der Waals surface area (Å²) in [6, 6.07) is 2.67. The maximum atomic E-state index is 12.6. The highest BCUT2D eigenvalue weighted by Gasteiger charge is 2.40. The molecule has 4 rings (SSSR count). The van der Waals surface area contributed by atoms with E-state index in [0.29, 0.717) is 16.0 Å². The molecule has 0 aromatic carbocycles. The highest BCUT2D eigenvalue weighted by Crippen LogP contribution is 2.31. The van der Waals surface area contributed by atoms with Gasteiger partial charge in [0, 0.05) is 35.4 Å². The molecule has 2 fully saturated rings. The molecule has 2 saturated heterocycles. The van der Waals surface area contributed by atoms with Crippen LogP contribution in [0.4, 0.5) is 13.2 Å². The number of carbonyl (C=O) groups is 2. The number of fused-ring (bicyclic) bond motifs is 3. The molecule has 3 atom stereocenters. The van der Waals surface area contributed by atoms with Crippen LogP contribution in [0.5, 0.6) is 0 Å². The minimum Gasteiger partial charge on any atom is -0.347 e. The first kappa shape index (κ1) is 17.4. The zero-order valence-corrected chi connectivity index (χ0v) is 14.5. The molecule has 1 N–H and O–H groups in total. The zero-order valence-electron chi connectivity index (χ0n) is 13.7. The van der Waals surface area contributed by atoms with Crippen LogP contribution in [-0.4, -0.2) is 53.4 Å². The van der Waals surface area contributed by atoms with Gasteiger partial charge in [0.2, 0.25) is 0 Å². The highest BCUT2D eigenvalue weighted by atomic mass is 32.1. The van der Waals surface area contributed by atoms with Crippen LogP contribution in [0, 0.1) is 5.92 Å². The topological polar surface area (TPSA) is 62.3 Å². The summed E-state index contributed by atoms with van der Waals surface area (Å²) in [7, 11) is 0. The van der Waals surface area contributed by atoms with Gasteiger partial charge < -0.3 is 10.2 Å². The number of hydrogen-bond acceptors (Lipinski definition) is 5. The fourth-order valence-electron chi connectivity index (χ4n) is 3.73. The molecule has 2 aromatic rings. The summed E-state index contributed by atoms with van der Waals surface area (Å²) in [5.41, 5.74) is 0.151. The minimum absolute atomic E-state index is 0.0620. The summed E-state index contributed by atoms with van der Waals surface area (Å²) >= 11 is 0.723. The number of amides is 1. The average molecular weight is 383 g/mol. The van der Waals surface area contributed by atoms with Crippen LogP contribution in [0.15, 0.2) is 18.3 Å². The number of alkyl halides is 3. The van der Waals surface area contributed by atoms with Gasteiger partial charge in [0.1, 0.15) is 5.69 Å². The lowest BCUT2D eigenvalue weighted by atomic mass is 9.97. The van der Waals surface area contributed by atoms with Crippen molar-refractivity contribution >= 4 is 33.1 Å². The van der Waals surface area contributed by atoms with E-state index in [-0.39, 0.29) is 17.6 Å². The second kappa shape index (κ2) is 6.31. The Kier molecular flexibility index (Phi) is 4.23. The van der Waals surface area contributed by atoms with Crippen LogP contribution in [-0.2, 0) is 0 Å². The molecule has 138 valence electrons. The molecule has 4 heterocycles. The third-order valence-corrected chi connectivity index (χ3v) is 6.01. The van der Waals surface area contributed by atoms with Crippen LogP contribution < -0.4 is 5.32 Å². The Bertz CT molecular complexity index is 868. The number of carbonyl (C=O) groups excluding carboxylic acids is 2. The first-order valence-corrected chi connectivity index (χ1v) is 9.15. The maximum Gasteiger partial charge on any atom is 0.455 e. The molecule has 5 nitrogen and oxygen atoms in total. The Morgan fingerprint density at radius 1 is 1.27 bits per heavy atom. The molecular weight excluding hydrogens is 367 g/mol. The highest BCUT2D eigenvalue weighted by molar-refractivity contribution is 7.20. The Labute approximate surface area is 151 Å². The first-order chi connectivity index (χ1) is 12.3. The van der Waals surface area contributed by atoms with Crippen molar-refractivity contribution in [3.8, 4) is 0 Å². The van der Waals surface area contributed by atoms with Gasteiger partial charge in [-0.15, -0.1) is 11.3 Å². The number of pyridine rings is 1. The Morgan fingerprint density at radius 2 is 2.08 bits per heavy atom. The standard InChI is InChI=1S/C17H16F3N3O2S/c18-17(19,20)15(24)14-4-10-6-21-12(5-13(10)26-14)16(25)22-11-3-9-1-2-23(7-9)8-11/h4-6,9,11H,1-3,7-8H2,(H,22,25)/t9-,11+/m0/s1. The summed E-state index contributed by atoms with van der Waals surface area (Å²) < 4.78 is 38.2. The summed E-state index contributed by atoms with van der Waals surface area (Å²) in [4.78, 5) is 29.8. The van der Waals surface area contributed by atoms with E-state index in [9.17, 15) is 22.8 Å². The minimum atomic E-state index is -4.91. The van der Waals surface area contributed by atoms with E-state index in [1.165, 1.54) is 12.3 Å². The average Bonchev–Trinajstić information content (AvgIpc) is 3.15. The van der Waals surface area contributed by atoms with Gasteiger partial charge >= 0.3 is 6.18 Å². The third kappa shape index (κ3) is 3.33. The van der Waals surface area contributed by atoms with Crippen LogP contribution in [0.3, 0.4) is 0 Å². The molecule has 0 spiro atoms. The molecule has 2 aromatic heterocycles. The molecular formula is C17H16F3N3O2S. The van der Waals surface area contributed by atoms with E-state index in [4.69, 9.17) is 0 Å². The molecule has 2 aliphatic rings. The van der Waals surface area contributed by atoms with Gasteiger partial charge in [-0.1, -0.05) is 0 Å². The molecule has 0 aliphatic carbocycles. The van der Waals surface area contributed by atoms with Gasteiger partial charge in [-0.3, -0.25) is 14.6 Å². The lowest BCUT2D eigenvalue weighted by Gasteiger charge is -2.30. The van der Waals surface area contributed by atoms with Crippen molar-refractivity contribution < 1.29 is 22.8 Å². The lowest BCUT2D eigenvalue weighted by Crippen LogP contribution is -2.47. The second-order valence-corrected chi connectivity index (χ2v) is 7.95. The SMILES string of the molecule is O=C(N[C@@H]1C[C@@H]2CCN(C2)C1)c1cc2sc(C(=O)C(F)(F)F)cc2cn1. The fraction of sp³-hybridized carbons (Fsp3) is 0.471. The van der Waals surface area contributed by atoms with Crippen molar-refractivity contribution in [1.29, 1.82) is 0 Å². The monoisotopic (exact) mass is 383 g/mol. The molecule has 9 heteroatoms. The predicted octanol–water partition coefficient (Wildman–Crippen LogP) is 2.87. The first-order valence-electron chi connectivity index (χ1n) is 8.34. The molecule has 2 aliphatic heterocycles. The Balaban J connectivity index is 1.51. The van der Waals surface area contributed by atoms with Crippen LogP contribution in [0.2, 0.25) is 0 Å². The number of rotatable bonds is 3. The normalized spacial score (nSPS) is 25.4. The van der Waals surface area contributed by atoms with Gasteiger partial charge in [-0.05, 0) is 37.4 Å². The number of piperidine rings is 1. The molecule has 26 heavy (non-hydrogen) atoms. The van der Waals surface area contributed by atoms with Crippen molar-refractivity contribution in [1.82, 2.24) is 15.2 Å². The molecule has 1 unspecified atom stereocenters. The number of nitrogens with zero attached hydrogens (tertiary/aromatic N) is 2.